The Balaban J connectivity index is 1.57. The van der Waals surface area contributed by atoms with E-state index < -0.39 is 10.0 Å². The van der Waals surface area contributed by atoms with Gasteiger partial charge in [-0.05, 0) is 73.6 Å². The lowest BCUT2D eigenvalue weighted by Crippen LogP contribution is -2.46. The van der Waals surface area contributed by atoms with Crippen molar-refractivity contribution in [2.75, 3.05) is 31.0 Å². The van der Waals surface area contributed by atoms with Crippen LogP contribution in [-0.2, 0) is 21.2 Å². The predicted octanol–water partition coefficient (Wildman–Crippen LogP) is 5.99. The number of carbonyl (C=O) groups excluding carboxylic acids is 1. The Labute approximate surface area is 228 Å². The lowest BCUT2D eigenvalue weighted by atomic mass is 9.90. The van der Waals surface area contributed by atoms with Gasteiger partial charge in [0.2, 0.25) is 5.91 Å². The molecule has 0 atom stereocenters. The van der Waals surface area contributed by atoms with E-state index in [-0.39, 0.29) is 33.8 Å². The SMILES string of the molecule is COc1ccc(C)cc1S(=O)(=O)N(CC(=O)N1CCC(Cc2ccccc2)CC1)c1ccc(Cl)c(Cl)c1. The maximum absolute atomic E-state index is 13.9. The fourth-order valence-corrected chi connectivity index (χ4v) is 6.56. The molecule has 0 aliphatic carbocycles. The molecule has 37 heavy (non-hydrogen) atoms. The Morgan fingerprint density at radius 2 is 1.70 bits per heavy atom. The van der Waals surface area contributed by atoms with Gasteiger partial charge in [0, 0.05) is 13.1 Å². The molecule has 0 unspecified atom stereocenters. The second-order valence-corrected chi connectivity index (χ2v) is 11.9. The Morgan fingerprint density at radius 1 is 1.00 bits per heavy atom. The number of carbonyl (C=O) groups is 1. The summed E-state index contributed by atoms with van der Waals surface area (Å²) in [5.74, 6) is 0.419. The van der Waals surface area contributed by atoms with Crippen LogP contribution in [0, 0.1) is 12.8 Å². The maximum Gasteiger partial charge on any atom is 0.268 e. The third-order valence-electron chi connectivity index (χ3n) is 6.69. The normalized spacial score (nSPS) is 14.4. The number of anilines is 1. The van der Waals surface area contributed by atoms with Crippen LogP contribution in [0.5, 0.6) is 5.75 Å². The number of nitrogens with zero attached hydrogens (tertiary/aromatic N) is 2. The van der Waals surface area contributed by atoms with Crippen LogP contribution in [0.15, 0.2) is 71.6 Å². The van der Waals surface area contributed by atoms with Gasteiger partial charge in [-0.15, -0.1) is 0 Å². The van der Waals surface area contributed by atoms with Crippen molar-refractivity contribution in [2.45, 2.75) is 31.1 Å². The molecule has 0 spiro atoms. The summed E-state index contributed by atoms with van der Waals surface area (Å²) in [6.07, 6.45) is 2.71. The van der Waals surface area contributed by atoms with Crippen molar-refractivity contribution in [3.63, 3.8) is 0 Å². The van der Waals surface area contributed by atoms with Crippen LogP contribution in [0.2, 0.25) is 10.0 Å². The molecule has 6 nitrogen and oxygen atoms in total. The van der Waals surface area contributed by atoms with E-state index in [4.69, 9.17) is 27.9 Å². The monoisotopic (exact) mass is 560 g/mol. The number of amides is 1. The van der Waals surface area contributed by atoms with Gasteiger partial charge in [-0.25, -0.2) is 8.42 Å². The zero-order valence-corrected chi connectivity index (χ0v) is 23.2. The summed E-state index contributed by atoms with van der Waals surface area (Å²) in [6, 6.07) is 19.8. The molecule has 4 rings (SSSR count). The van der Waals surface area contributed by atoms with Crippen LogP contribution < -0.4 is 9.04 Å². The van der Waals surface area contributed by atoms with Gasteiger partial charge in [-0.1, -0.05) is 59.6 Å². The molecule has 3 aromatic carbocycles. The van der Waals surface area contributed by atoms with Gasteiger partial charge in [0.1, 0.15) is 17.2 Å². The average Bonchev–Trinajstić information content (AvgIpc) is 2.89. The maximum atomic E-state index is 13.9. The highest BCUT2D eigenvalue weighted by Crippen LogP contribution is 2.34. The topological polar surface area (TPSA) is 66.9 Å². The molecular formula is C28H30Cl2N2O4S. The highest BCUT2D eigenvalue weighted by Gasteiger charge is 2.33. The molecule has 1 fully saturated rings. The number of halogens is 2. The molecule has 196 valence electrons. The molecular weight excluding hydrogens is 531 g/mol. The predicted molar refractivity (Wildman–Crippen MR) is 148 cm³/mol. The first kappa shape index (κ1) is 27.3. The summed E-state index contributed by atoms with van der Waals surface area (Å²) in [5, 5.41) is 0.493. The van der Waals surface area contributed by atoms with Crippen molar-refractivity contribution in [2.24, 2.45) is 5.92 Å². The number of sulfonamides is 1. The van der Waals surface area contributed by atoms with Gasteiger partial charge in [-0.3, -0.25) is 9.10 Å². The molecule has 1 aliphatic heterocycles. The highest BCUT2D eigenvalue weighted by molar-refractivity contribution is 7.93. The molecule has 1 aliphatic rings. The number of likely N-dealkylation sites (tertiary alicyclic amines) is 1. The Morgan fingerprint density at radius 3 is 2.35 bits per heavy atom. The lowest BCUT2D eigenvalue weighted by molar-refractivity contribution is -0.130. The standard InChI is InChI=1S/C28H30Cl2N2O4S/c1-20-8-11-26(36-2)27(16-20)37(34,35)32(23-9-10-24(29)25(30)18-23)19-28(33)31-14-12-22(13-15-31)17-21-6-4-3-5-7-21/h3-11,16,18,22H,12-15,17,19H2,1-2H3. The van der Waals surface area contributed by atoms with Gasteiger partial charge in [0.15, 0.2) is 0 Å². The first-order valence-electron chi connectivity index (χ1n) is 12.1. The summed E-state index contributed by atoms with van der Waals surface area (Å²) in [4.78, 5) is 15.2. The Hall–Kier alpha value is -2.74. The number of hydrogen-bond acceptors (Lipinski definition) is 4. The number of piperidine rings is 1. The van der Waals surface area contributed by atoms with Crippen molar-refractivity contribution in [3.05, 3.63) is 87.9 Å². The van der Waals surface area contributed by atoms with Gasteiger partial charge >= 0.3 is 0 Å². The second-order valence-electron chi connectivity index (χ2n) is 9.28. The molecule has 0 radical (unpaired) electrons. The van der Waals surface area contributed by atoms with Crippen molar-refractivity contribution in [3.8, 4) is 5.75 Å². The van der Waals surface area contributed by atoms with E-state index in [0.29, 0.717) is 24.0 Å². The number of benzene rings is 3. The molecule has 1 amide bonds. The van der Waals surface area contributed by atoms with E-state index in [0.717, 1.165) is 29.1 Å². The van der Waals surface area contributed by atoms with E-state index in [9.17, 15) is 13.2 Å². The van der Waals surface area contributed by atoms with Gasteiger partial charge < -0.3 is 9.64 Å². The Bertz CT molecular complexity index is 1360. The summed E-state index contributed by atoms with van der Waals surface area (Å²) in [5.41, 5.74) is 2.29. The largest absolute Gasteiger partial charge is 0.495 e. The molecule has 0 saturated carbocycles. The van der Waals surface area contributed by atoms with Gasteiger partial charge in [0.05, 0.1) is 22.8 Å². The van der Waals surface area contributed by atoms with E-state index in [2.05, 4.69) is 12.1 Å². The van der Waals surface area contributed by atoms with Gasteiger partial charge in [-0.2, -0.15) is 0 Å². The van der Waals surface area contributed by atoms with Crippen molar-refractivity contribution < 1.29 is 17.9 Å². The molecule has 9 heteroatoms. The summed E-state index contributed by atoms with van der Waals surface area (Å²) >= 11 is 12.3. The number of methoxy groups -OCH3 is 1. The van der Waals surface area contributed by atoms with Crippen molar-refractivity contribution in [1.29, 1.82) is 0 Å². The molecule has 1 heterocycles. The summed E-state index contributed by atoms with van der Waals surface area (Å²) < 4.78 is 34.3. The van der Waals surface area contributed by atoms with Crippen LogP contribution in [0.1, 0.15) is 24.0 Å². The molecule has 0 aromatic heterocycles. The minimum Gasteiger partial charge on any atom is -0.495 e. The lowest BCUT2D eigenvalue weighted by Gasteiger charge is -2.34. The third kappa shape index (κ3) is 6.40. The highest BCUT2D eigenvalue weighted by atomic mass is 35.5. The fraction of sp³-hybridized carbons (Fsp3) is 0.321. The summed E-state index contributed by atoms with van der Waals surface area (Å²) in [6.45, 7) is 2.60. The smallest absolute Gasteiger partial charge is 0.268 e. The molecule has 3 aromatic rings. The first-order chi connectivity index (χ1) is 17.7. The van der Waals surface area contributed by atoms with Crippen LogP contribution in [0.25, 0.3) is 0 Å². The van der Waals surface area contributed by atoms with E-state index in [1.54, 1.807) is 30.0 Å². The van der Waals surface area contributed by atoms with E-state index >= 15 is 0 Å². The third-order valence-corrected chi connectivity index (χ3v) is 9.23. The summed E-state index contributed by atoms with van der Waals surface area (Å²) in [7, 11) is -2.76. The first-order valence-corrected chi connectivity index (χ1v) is 14.3. The number of aryl methyl sites for hydroxylation is 1. The van der Waals surface area contributed by atoms with Crippen molar-refractivity contribution in [1.82, 2.24) is 4.90 Å². The minimum absolute atomic E-state index is 0.0181. The number of hydrogen-bond donors (Lipinski definition) is 0. The molecule has 0 bridgehead atoms. The van der Waals surface area contributed by atoms with Crippen LogP contribution >= 0.6 is 23.2 Å². The van der Waals surface area contributed by atoms with Crippen LogP contribution in [0.4, 0.5) is 5.69 Å². The Kier molecular flexibility index (Phi) is 8.67. The van der Waals surface area contributed by atoms with Gasteiger partial charge in [0.25, 0.3) is 10.0 Å². The van der Waals surface area contributed by atoms with Crippen LogP contribution in [-0.4, -0.2) is 46.0 Å². The second kappa shape index (κ2) is 11.8. The molecule has 0 N–H and O–H groups in total. The van der Waals surface area contributed by atoms with Crippen molar-refractivity contribution >= 4 is 44.8 Å². The quantitative estimate of drug-likeness (QED) is 0.339. The number of ether oxygens (including phenoxy) is 1. The van der Waals surface area contributed by atoms with E-state index in [1.165, 1.54) is 30.9 Å². The zero-order chi connectivity index (χ0) is 26.6. The zero-order valence-electron chi connectivity index (χ0n) is 20.9. The van der Waals surface area contributed by atoms with E-state index in [1.807, 2.05) is 18.2 Å². The molecule has 1 saturated heterocycles. The van der Waals surface area contributed by atoms with Crippen LogP contribution in [0.3, 0.4) is 0 Å². The minimum atomic E-state index is -4.18. The average molecular weight is 562 g/mol. The fourth-order valence-electron chi connectivity index (χ4n) is 4.62. The number of rotatable bonds is 8.